The highest BCUT2D eigenvalue weighted by Gasteiger charge is 2.54. The summed E-state index contributed by atoms with van der Waals surface area (Å²) in [5, 5.41) is 4.91. The molecule has 0 unspecified atom stereocenters. The molecule has 0 saturated carbocycles. The largest absolute Gasteiger partial charge is 0.497 e. The van der Waals surface area contributed by atoms with Crippen molar-refractivity contribution in [1.29, 1.82) is 0 Å². The van der Waals surface area contributed by atoms with Gasteiger partial charge in [0.05, 0.1) is 19.3 Å². The van der Waals surface area contributed by atoms with Gasteiger partial charge in [0.25, 0.3) is 5.91 Å². The van der Waals surface area contributed by atoms with Gasteiger partial charge in [0.15, 0.2) is 0 Å². The van der Waals surface area contributed by atoms with Gasteiger partial charge in [-0.2, -0.15) is 0 Å². The monoisotopic (exact) mass is 485 g/mol. The predicted molar refractivity (Wildman–Crippen MR) is 147 cm³/mol. The first-order valence-corrected chi connectivity index (χ1v) is 12.7. The van der Waals surface area contributed by atoms with Crippen LogP contribution in [0, 0.1) is 0 Å². The van der Waals surface area contributed by atoms with Gasteiger partial charge >= 0.3 is 0 Å². The summed E-state index contributed by atoms with van der Waals surface area (Å²) < 4.78 is 5.60. The number of H-pyrrole nitrogens is 1. The quantitative estimate of drug-likeness (QED) is 0.303. The summed E-state index contributed by atoms with van der Waals surface area (Å²) in [5.41, 5.74) is 6.64. The topological polar surface area (TPSA) is 57.4 Å². The first-order chi connectivity index (χ1) is 18.2. The van der Waals surface area contributed by atoms with Crippen LogP contribution in [0.25, 0.3) is 10.9 Å². The Morgan fingerprint density at radius 1 is 0.919 bits per heavy atom. The number of carbonyl (C=O) groups is 1. The van der Waals surface area contributed by atoms with Crippen LogP contribution < -0.4 is 15.0 Å². The Hall–Kier alpha value is -4.51. The number of hydrogen-bond acceptors (Lipinski definition) is 3. The van der Waals surface area contributed by atoms with E-state index in [1.165, 1.54) is 10.9 Å². The molecule has 2 N–H and O–H groups in total. The fourth-order valence-corrected chi connectivity index (χ4v) is 6.19. The smallest absolute Gasteiger partial charge is 0.257 e. The van der Waals surface area contributed by atoms with Crippen molar-refractivity contribution in [3.05, 3.63) is 126 Å². The van der Waals surface area contributed by atoms with Crippen molar-refractivity contribution >= 4 is 28.2 Å². The number of benzene rings is 4. The van der Waals surface area contributed by atoms with E-state index in [2.05, 4.69) is 65.0 Å². The van der Waals surface area contributed by atoms with Crippen molar-refractivity contribution in [1.82, 2.24) is 4.98 Å². The van der Waals surface area contributed by atoms with Crippen LogP contribution in [0.4, 0.5) is 11.4 Å². The lowest BCUT2D eigenvalue weighted by atomic mass is 9.73. The highest BCUT2D eigenvalue weighted by Crippen LogP contribution is 2.54. The zero-order chi connectivity index (χ0) is 25.0. The van der Waals surface area contributed by atoms with Crippen molar-refractivity contribution in [2.75, 3.05) is 17.3 Å². The van der Waals surface area contributed by atoms with Gasteiger partial charge in [-0.15, -0.1) is 0 Å². The van der Waals surface area contributed by atoms with Crippen LogP contribution in [0.2, 0.25) is 0 Å². The van der Waals surface area contributed by atoms with Crippen LogP contribution in [0.15, 0.2) is 103 Å². The van der Waals surface area contributed by atoms with Gasteiger partial charge in [-0.1, -0.05) is 66.7 Å². The highest BCUT2D eigenvalue weighted by atomic mass is 16.5. The molecule has 5 heteroatoms. The van der Waals surface area contributed by atoms with Crippen molar-refractivity contribution in [3.8, 4) is 5.75 Å². The third kappa shape index (κ3) is 3.27. The maximum atomic E-state index is 14.5. The van der Waals surface area contributed by atoms with Gasteiger partial charge < -0.3 is 19.9 Å². The number of methoxy groups -OCH3 is 1. The molecule has 0 radical (unpaired) electrons. The zero-order valence-corrected chi connectivity index (χ0v) is 20.6. The van der Waals surface area contributed by atoms with Crippen LogP contribution in [-0.4, -0.2) is 18.0 Å². The Kier molecular flexibility index (Phi) is 4.86. The Morgan fingerprint density at radius 3 is 2.57 bits per heavy atom. The molecule has 2 aliphatic heterocycles. The third-order valence-electron chi connectivity index (χ3n) is 7.94. The molecule has 5 nitrogen and oxygen atoms in total. The maximum Gasteiger partial charge on any atom is 0.257 e. The number of amides is 1. The summed E-state index contributed by atoms with van der Waals surface area (Å²) in [4.78, 5) is 19.9. The molecule has 1 spiro atoms. The molecule has 5 aromatic rings. The molecule has 7 rings (SSSR count). The molecule has 4 aromatic carbocycles. The molecule has 1 amide bonds. The van der Waals surface area contributed by atoms with Crippen LogP contribution in [0.1, 0.15) is 34.6 Å². The SMILES string of the molecule is COc1ccc2c(c1)[C@H](c1c[nH]c3ccccc13)C[C@]1(N2)C(=O)N(Cc2ccccc2)c2ccccc21. The van der Waals surface area contributed by atoms with Crippen molar-refractivity contribution in [2.45, 2.75) is 24.4 Å². The standard InChI is InChI=1S/C32H27N3O2/c1-37-22-15-16-29-24(17-22)25(26-19-33-28-13-7-5-11-23(26)28)18-32(34-29)27-12-6-8-14-30(27)35(31(32)36)20-21-9-3-2-4-10-21/h2-17,19,25,33-34H,18,20H2,1H3/t25-,32-/m1/s1. The van der Waals surface area contributed by atoms with Crippen LogP contribution >= 0.6 is 0 Å². The number of para-hydroxylation sites is 2. The van der Waals surface area contributed by atoms with E-state index in [9.17, 15) is 4.79 Å². The number of anilines is 2. The molecule has 37 heavy (non-hydrogen) atoms. The predicted octanol–water partition coefficient (Wildman–Crippen LogP) is 6.57. The van der Waals surface area contributed by atoms with E-state index in [1.807, 2.05) is 53.4 Å². The fourth-order valence-electron chi connectivity index (χ4n) is 6.19. The normalized spacial score (nSPS) is 20.1. The second-order valence-electron chi connectivity index (χ2n) is 9.92. The van der Waals surface area contributed by atoms with E-state index < -0.39 is 5.54 Å². The lowest BCUT2D eigenvalue weighted by Gasteiger charge is -2.40. The van der Waals surface area contributed by atoms with E-state index in [1.54, 1.807) is 7.11 Å². The number of nitrogens with zero attached hydrogens (tertiary/aromatic N) is 1. The first kappa shape index (κ1) is 21.7. The number of ether oxygens (including phenoxy) is 1. The fraction of sp³-hybridized carbons (Fsp3) is 0.156. The van der Waals surface area contributed by atoms with Crippen LogP contribution in [0.5, 0.6) is 5.75 Å². The van der Waals surface area contributed by atoms with Crippen molar-refractivity contribution < 1.29 is 9.53 Å². The second-order valence-corrected chi connectivity index (χ2v) is 9.92. The lowest BCUT2D eigenvalue weighted by molar-refractivity contribution is -0.122. The Labute approximate surface area is 215 Å². The Bertz CT molecular complexity index is 1640. The van der Waals surface area contributed by atoms with Gasteiger partial charge in [-0.25, -0.2) is 0 Å². The second kappa shape index (κ2) is 8.27. The number of hydrogen-bond donors (Lipinski definition) is 2. The molecule has 3 heterocycles. The zero-order valence-electron chi connectivity index (χ0n) is 20.6. The molecule has 0 fully saturated rings. The maximum absolute atomic E-state index is 14.5. The number of nitrogens with one attached hydrogen (secondary N) is 2. The third-order valence-corrected chi connectivity index (χ3v) is 7.94. The summed E-state index contributed by atoms with van der Waals surface area (Å²) in [6, 6.07) is 32.9. The van der Waals surface area contributed by atoms with E-state index >= 15 is 0 Å². The summed E-state index contributed by atoms with van der Waals surface area (Å²) in [6.07, 6.45) is 2.71. The van der Waals surface area contributed by atoms with E-state index in [-0.39, 0.29) is 11.8 Å². The van der Waals surface area contributed by atoms with Crippen molar-refractivity contribution in [2.24, 2.45) is 0 Å². The molecule has 0 aliphatic carbocycles. The van der Waals surface area contributed by atoms with Gasteiger partial charge in [-0.3, -0.25) is 4.79 Å². The average Bonchev–Trinajstić information content (AvgIpc) is 3.47. The Morgan fingerprint density at radius 2 is 1.70 bits per heavy atom. The molecule has 1 aromatic heterocycles. The summed E-state index contributed by atoms with van der Waals surface area (Å²) in [6.45, 7) is 0.535. The first-order valence-electron chi connectivity index (χ1n) is 12.7. The number of aromatic amines is 1. The number of fused-ring (bicyclic) bond motifs is 4. The van der Waals surface area contributed by atoms with Gasteiger partial charge in [0, 0.05) is 34.3 Å². The van der Waals surface area contributed by atoms with Crippen LogP contribution in [0.3, 0.4) is 0 Å². The van der Waals surface area contributed by atoms with Crippen LogP contribution in [-0.2, 0) is 16.9 Å². The highest BCUT2D eigenvalue weighted by molar-refractivity contribution is 6.10. The summed E-state index contributed by atoms with van der Waals surface area (Å²) in [7, 11) is 1.69. The average molecular weight is 486 g/mol. The van der Waals surface area contributed by atoms with E-state index in [0.717, 1.165) is 39.3 Å². The number of carbonyl (C=O) groups excluding carboxylic acids is 1. The molecule has 182 valence electrons. The van der Waals surface area contributed by atoms with Crippen molar-refractivity contribution in [3.63, 3.8) is 0 Å². The number of rotatable bonds is 4. The molecular formula is C32H27N3O2. The lowest BCUT2D eigenvalue weighted by Crippen LogP contribution is -2.49. The summed E-state index contributed by atoms with van der Waals surface area (Å²) >= 11 is 0. The Balaban J connectivity index is 1.41. The molecule has 0 bridgehead atoms. The van der Waals surface area contributed by atoms with E-state index in [4.69, 9.17) is 4.74 Å². The minimum atomic E-state index is -0.865. The minimum Gasteiger partial charge on any atom is -0.497 e. The molecule has 2 aliphatic rings. The van der Waals surface area contributed by atoms with Gasteiger partial charge in [0.1, 0.15) is 11.3 Å². The molecular weight excluding hydrogens is 458 g/mol. The molecule has 2 atom stereocenters. The number of aromatic nitrogens is 1. The van der Waals surface area contributed by atoms with Gasteiger partial charge in [-0.05, 0) is 53.4 Å². The molecule has 0 saturated heterocycles. The van der Waals surface area contributed by atoms with Gasteiger partial charge in [0.2, 0.25) is 0 Å². The summed E-state index contributed by atoms with van der Waals surface area (Å²) in [5.74, 6) is 0.894. The van der Waals surface area contributed by atoms with E-state index in [0.29, 0.717) is 13.0 Å². The minimum absolute atomic E-state index is 0.00354.